The fourth-order valence-corrected chi connectivity index (χ4v) is 5.00. The number of aromatic nitrogens is 3. The third kappa shape index (κ3) is 6.48. The lowest BCUT2D eigenvalue weighted by Gasteiger charge is -2.18. The van der Waals surface area contributed by atoms with Crippen molar-refractivity contribution in [1.29, 1.82) is 0 Å². The predicted molar refractivity (Wildman–Crippen MR) is 173 cm³/mol. The smallest absolute Gasteiger partial charge is 0.287 e. The molecule has 2 aromatic heterocycles. The molecular formula is C33H30ClN5O6. The predicted octanol–water partition coefficient (Wildman–Crippen LogP) is 7.53. The molecule has 0 spiro atoms. The minimum absolute atomic E-state index is 0.0762. The van der Waals surface area contributed by atoms with Crippen LogP contribution in [0, 0.1) is 17.0 Å². The minimum atomic E-state index is -0.555. The fraction of sp³-hybridized carbons (Fsp3) is 0.212. The lowest BCUT2D eigenvalue weighted by Crippen LogP contribution is -2.21. The minimum Gasteiger partial charge on any atom is -0.494 e. The maximum atomic E-state index is 13.9. The SMILES string of the molecule is CCOc1cc(C)c(-c2nc3ccccc3c(=O)n2N=Cc2cc(Cl)cc(OC)c2Oc2ccc([N+](=O)[O-])cn2)cc1C(C)C. The lowest BCUT2D eigenvalue weighted by atomic mass is 9.96. The van der Waals surface area contributed by atoms with Crippen LogP contribution in [0.5, 0.6) is 23.1 Å². The van der Waals surface area contributed by atoms with Crippen LogP contribution in [-0.2, 0) is 0 Å². The van der Waals surface area contributed by atoms with Gasteiger partial charge in [-0.2, -0.15) is 9.78 Å². The standard InChI is InChI=1S/C33H30ClN5O6/c1-6-44-28-13-20(4)26(16-25(28)19(2)3)32-37-27-10-8-7-9-24(27)33(40)38(32)36-17-21-14-22(34)15-29(43-5)31(21)45-30-12-11-23(18-35-30)39(41)42/h7-19H,6H2,1-5H3. The van der Waals surface area contributed by atoms with E-state index in [4.69, 9.17) is 30.8 Å². The highest BCUT2D eigenvalue weighted by atomic mass is 35.5. The van der Waals surface area contributed by atoms with Crippen LogP contribution in [0.3, 0.4) is 0 Å². The van der Waals surface area contributed by atoms with E-state index in [-0.39, 0.29) is 34.5 Å². The summed E-state index contributed by atoms with van der Waals surface area (Å²) in [6.45, 7) is 8.53. The molecule has 0 fully saturated rings. The number of ether oxygens (including phenoxy) is 3. The largest absolute Gasteiger partial charge is 0.494 e. The average molecular weight is 628 g/mol. The van der Waals surface area contributed by atoms with Crippen LogP contribution in [0.25, 0.3) is 22.3 Å². The molecule has 0 saturated heterocycles. The van der Waals surface area contributed by atoms with Gasteiger partial charge in [-0.15, -0.1) is 0 Å². The van der Waals surface area contributed by atoms with E-state index in [1.807, 2.05) is 32.0 Å². The number of hydrogen-bond acceptors (Lipinski definition) is 9. The second kappa shape index (κ2) is 13.1. The molecule has 0 aliphatic rings. The highest BCUT2D eigenvalue weighted by molar-refractivity contribution is 6.31. The zero-order chi connectivity index (χ0) is 32.2. The zero-order valence-corrected chi connectivity index (χ0v) is 26.0. The number of pyridine rings is 1. The van der Waals surface area contributed by atoms with Gasteiger partial charge in [0.15, 0.2) is 17.3 Å². The number of para-hydroxylation sites is 1. The van der Waals surface area contributed by atoms with Crippen molar-refractivity contribution in [3.8, 4) is 34.5 Å². The van der Waals surface area contributed by atoms with E-state index in [9.17, 15) is 14.9 Å². The first kappa shape index (κ1) is 31.1. The summed E-state index contributed by atoms with van der Waals surface area (Å²) in [6.07, 6.45) is 2.51. The molecule has 0 N–H and O–H groups in total. The Morgan fingerprint density at radius 1 is 1.11 bits per heavy atom. The normalized spacial score (nSPS) is 11.4. The summed E-state index contributed by atoms with van der Waals surface area (Å²) in [7, 11) is 1.44. The molecule has 0 radical (unpaired) electrons. The summed E-state index contributed by atoms with van der Waals surface area (Å²) in [4.78, 5) is 33.4. The summed E-state index contributed by atoms with van der Waals surface area (Å²) in [5.41, 5.74) is 2.87. The van der Waals surface area contributed by atoms with Crippen LogP contribution in [0.1, 0.15) is 43.4 Å². The molecule has 11 nitrogen and oxygen atoms in total. The fourth-order valence-electron chi connectivity index (χ4n) is 4.79. The summed E-state index contributed by atoms with van der Waals surface area (Å²) in [5.74, 6) is 1.78. The van der Waals surface area contributed by atoms with Crippen molar-refractivity contribution >= 4 is 34.4 Å². The van der Waals surface area contributed by atoms with Crippen LogP contribution < -0.4 is 19.8 Å². The lowest BCUT2D eigenvalue weighted by molar-refractivity contribution is -0.385. The van der Waals surface area contributed by atoms with Gasteiger partial charge in [0.2, 0.25) is 5.88 Å². The molecule has 0 saturated carbocycles. The average Bonchev–Trinajstić information content (AvgIpc) is 3.02. The van der Waals surface area contributed by atoms with Gasteiger partial charge in [-0.05, 0) is 61.2 Å². The first-order valence-corrected chi connectivity index (χ1v) is 14.5. The Balaban J connectivity index is 1.69. The van der Waals surface area contributed by atoms with Crippen molar-refractivity contribution < 1.29 is 19.1 Å². The molecule has 2 heterocycles. The van der Waals surface area contributed by atoms with Crippen LogP contribution in [0.2, 0.25) is 5.02 Å². The Hall–Kier alpha value is -5.29. The Bertz CT molecular complexity index is 1990. The van der Waals surface area contributed by atoms with Crippen molar-refractivity contribution in [3.05, 3.63) is 109 Å². The van der Waals surface area contributed by atoms with Crippen LogP contribution in [0.15, 0.2) is 76.8 Å². The maximum absolute atomic E-state index is 13.9. The third-order valence-corrected chi connectivity index (χ3v) is 7.21. The molecule has 3 aromatic carbocycles. The molecule has 5 rings (SSSR count). The van der Waals surface area contributed by atoms with Gasteiger partial charge in [-0.3, -0.25) is 14.9 Å². The summed E-state index contributed by atoms with van der Waals surface area (Å²) in [5, 5.41) is 16.4. The van der Waals surface area contributed by atoms with E-state index in [1.54, 1.807) is 30.3 Å². The van der Waals surface area contributed by atoms with E-state index in [1.165, 1.54) is 30.1 Å². The van der Waals surface area contributed by atoms with Gasteiger partial charge in [0.1, 0.15) is 11.9 Å². The number of fused-ring (bicyclic) bond motifs is 1. The first-order chi connectivity index (χ1) is 21.6. The molecule has 0 aliphatic carbocycles. The Morgan fingerprint density at radius 3 is 2.56 bits per heavy atom. The topological polar surface area (TPSA) is 131 Å². The number of hydrogen-bond donors (Lipinski definition) is 0. The molecule has 230 valence electrons. The highest BCUT2D eigenvalue weighted by Crippen LogP contribution is 2.37. The van der Waals surface area contributed by atoms with Gasteiger partial charge in [0.05, 0.1) is 35.8 Å². The summed E-state index contributed by atoms with van der Waals surface area (Å²) < 4.78 is 18.7. The zero-order valence-electron chi connectivity index (χ0n) is 25.3. The third-order valence-electron chi connectivity index (χ3n) is 6.99. The molecule has 0 amide bonds. The van der Waals surface area contributed by atoms with Gasteiger partial charge in [-0.1, -0.05) is 37.6 Å². The van der Waals surface area contributed by atoms with E-state index >= 15 is 0 Å². The molecule has 0 atom stereocenters. The number of nitrogens with zero attached hydrogens (tertiary/aromatic N) is 5. The quantitative estimate of drug-likeness (QED) is 0.0882. The summed E-state index contributed by atoms with van der Waals surface area (Å²) >= 11 is 6.41. The number of rotatable bonds is 10. The Labute approximate surface area is 263 Å². The van der Waals surface area contributed by atoms with Gasteiger partial charge in [0, 0.05) is 34.3 Å². The van der Waals surface area contributed by atoms with E-state index < -0.39 is 4.92 Å². The van der Waals surface area contributed by atoms with Crippen LogP contribution in [-0.4, -0.2) is 39.5 Å². The van der Waals surface area contributed by atoms with Crippen LogP contribution >= 0.6 is 11.6 Å². The Kier molecular flexibility index (Phi) is 9.10. The van der Waals surface area contributed by atoms with Crippen molar-refractivity contribution in [1.82, 2.24) is 14.6 Å². The highest BCUT2D eigenvalue weighted by Gasteiger charge is 2.20. The van der Waals surface area contributed by atoms with Crippen molar-refractivity contribution in [3.63, 3.8) is 0 Å². The summed E-state index contributed by atoms with van der Waals surface area (Å²) in [6, 6.07) is 16.8. The van der Waals surface area contributed by atoms with Crippen LogP contribution in [0.4, 0.5) is 5.69 Å². The second-order valence-electron chi connectivity index (χ2n) is 10.3. The number of nitro groups is 1. The van der Waals surface area contributed by atoms with Crippen molar-refractivity contribution in [2.45, 2.75) is 33.6 Å². The van der Waals surface area contributed by atoms with Crippen molar-refractivity contribution in [2.75, 3.05) is 13.7 Å². The van der Waals surface area contributed by atoms with Gasteiger partial charge in [0.25, 0.3) is 11.2 Å². The number of halogens is 1. The molecule has 0 unspecified atom stereocenters. The molecule has 5 aromatic rings. The number of aryl methyl sites for hydroxylation is 1. The van der Waals surface area contributed by atoms with Gasteiger partial charge in [-0.25, -0.2) is 9.97 Å². The molecule has 0 aliphatic heterocycles. The van der Waals surface area contributed by atoms with Gasteiger partial charge < -0.3 is 14.2 Å². The van der Waals surface area contributed by atoms with E-state index in [0.29, 0.717) is 33.9 Å². The van der Waals surface area contributed by atoms with Crippen molar-refractivity contribution in [2.24, 2.45) is 5.10 Å². The Morgan fingerprint density at radius 2 is 1.89 bits per heavy atom. The number of methoxy groups -OCH3 is 1. The number of benzene rings is 3. The molecule has 12 heteroatoms. The molecule has 45 heavy (non-hydrogen) atoms. The second-order valence-corrected chi connectivity index (χ2v) is 10.8. The first-order valence-electron chi connectivity index (χ1n) is 14.1. The van der Waals surface area contributed by atoms with Gasteiger partial charge >= 0.3 is 0 Å². The molecule has 0 bridgehead atoms. The monoisotopic (exact) mass is 627 g/mol. The molecular weight excluding hydrogens is 598 g/mol. The van der Waals surface area contributed by atoms with E-state index in [0.717, 1.165) is 28.6 Å². The maximum Gasteiger partial charge on any atom is 0.287 e. The van der Waals surface area contributed by atoms with E-state index in [2.05, 4.69) is 23.9 Å².